The fourth-order valence-electron chi connectivity index (χ4n) is 13.3. The summed E-state index contributed by atoms with van der Waals surface area (Å²) in [4.78, 5) is 73.3. The van der Waals surface area contributed by atoms with Crippen molar-refractivity contribution in [3.05, 3.63) is 24.3 Å². The number of aliphatic hydroxyl groups excluding tert-OH is 1. The summed E-state index contributed by atoms with van der Waals surface area (Å²) in [6.07, 6.45) is 80.0. The van der Waals surface area contributed by atoms with Crippen LogP contribution in [-0.2, 0) is 65.4 Å². The number of unbranched alkanes of at least 4 members (excludes halogenated alkanes) is 58. The number of phosphoric ester groups is 2. The number of aliphatic hydroxyl groups is 1. The second-order valence-electron chi connectivity index (χ2n) is 30.9. The lowest BCUT2D eigenvalue weighted by molar-refractivity contribution is -0.161. The van der Waals surface area contributed by atoms with Crippen LogP contribution in [0.3, 0.4) is 0 Å². The molecule has 0 aliphatic carbocycles. The summed E-state index contributed by atoms with van der Waals surface area (Å²) in [5, 5.41) is 10.7. The molecule has 0 saturated carbocycles. The van der Waals surface area contributed by atoms with E-state index in [2.05, 4.69) is 52.0 Å². The molecule has 2 unspecified atom stereocenters. The molecule has 632 valence electrons. The van der Waals surface area contributed by atoms with E-state index in [0.29, 0.717) is 25.7 Å². The van der Waals surface area contributed by atoms with Crippen LogP contribution in [0.15, 0.2) is 24.3 Å². The topological polar surface area (TPSA) is 237 Å². The third-order valence-corrected chi connectivity index (χ3v) is 22.1. The number of phosphoric acid groups is 2. The van der Waals surface area contributed by atoms with E-state index in [-0.39, 0.29) is 25.7 Å². The molecule has 0 aromatic carbocycles. The molecule has 19 heteroatoms. The van der Waals surface area contributed by atoms with Gasteiger partial charge < -0.3 is 33.8 Å². The highest BCUT2D eigenvalue weighted by atomic mass is 31.2. The number of carbonyl (C=O) groups is 4. The summed E-state index contributed by atoms with van der Waals surface area (Å²) < 4.78 is 68.9. The van der Waals surface area contributed by atoms with E-state index in [0.717, 1.165) is 103 Å². The number of carbonyl (C=O) groups excluding carboxylic acids is 4. The maximum atomic E-state index is 13.2. The molecule has 5 atom stereocenters. The van der Waals surface area contributed by atoms with Gasteiger partial charge in [0.2, 0.25) is 0 Å². The van der Waals surface area contributed by atoms with E-state index in [9.17, 15) is 43.2 Å². The third kappa shape index (κ3) is 81.4. The summed E-state index contributed by atoms with van der Waals surface area (Å²) in [5.41, 5.74) is 0. The van der Waals surface area contributed by atoms with E-state index in [1.165, 1.54) is 276 Å². The molecule has 107 heavy (non-hydrogen) atoms. The van der Waals surface area contributed by atoms with Crippen LogP contribution in [-0.4, -0.2) is 96.7 Å². The Bertz CT molecular complexity index is 2110. The molecule has 3 N–H and O–H groups in total. The van der Waals surface area contributed by atoms with Gasteiger partial charge in [0.1, 0.15) is 19.3 Å². The van der Waals surface area contributed by atoms with Gasteiger partial charge in [-0.25, -0.2) is 9.13 Å². The second kappa shape index (κ2) is 81.6. The van der Waals surface area contributed by atoms with Crippen molar-refractivity contribution in [1.29, 1.82) is 0 Å². The van der Waals surface area contributed by atoms with Crippen molar-refractivity contribution < 1.29 is 80.2 Å². The first-order valence-corrected chi connectivity index (χ1v) is 48.1. The molecule has 0 spiro atoms. The lowest BCUT2D eigenvalue weighted by atomic mass is 10.0. The Balaban J connectivity index is 5.27. The molecular weight excluding hydrogens is 1390 g/mol. The van der Waals surface area contributed by atoms with Gasteiger partial charge in [-0.2, -0.15) is 0 Å². The molecule has 17 nitrogen and oxygen atoms in total. The van der Waals surface area contributed by atoms with Crippen LogP contribution in [0, 0.1) is 0 Å². The number of esters is 4. The van der Waals surface area contributed by atoms with Gasteiger partial charge in [-0.15, -0.1) is 0 Å². The van der Waals surface area contributed by atoms with Gasteiger partial charge in [-0.05, 0) is 51.4 Å². The molecule has 0 aromatic heterocycles. The standard InChI is InChI=1S/C88H168O17P2/c1-5-9-13-17-21-25-29-33-36-38-39-40-41-42-44-47-51-55-59-63-67-71-75-88(93)105-84(79-99-86(91)73-69-65-61-57-53-49-46-43-37-34-30-26-22-18-14-10-6-2)81-103-107(96,97)101-77-82(89)76-100-106(94,95)102-80-83(78-98-85(90)72-68-64-60-56-52-48-32-28-24-20-16-12-8-4)104-87(92)74-70-66-62-58-54-50-45-35-31-27-23-19-15-11-7-3/h27,31,35,45,82-84,89H,5-26,28-30,32-34,36-44,46-81H2,1-4H3,(H,94,95)(H,96,97)/b31-27-,45-35-/t82-,83+,84+/m0/s1. The second-order valence-corrected chi connectivity index (χ2v) is 33.9. The van der Waals surface area contributed by atoms with Gasteiger partial charge >= 0.3 is 39.5 Å². The van der Waals surface area contributed by atoms with E-state index >= 15 is 0 Å². The Morgan fingerprint density at radius 3 is 0.682 bits per heavy atom. The minimum atomic E-state index is -4.97. The minimum absolute atomic E-state index is 0.0862. The summed E-state index contributed by atoms with van der Waals surface area (Å²) in [6.45, 7) is 5.00. The van der Waals surface area contributed by atoms with Crippen molar-refractivity contribution in [2.24, 2.45) is 0 Å². The molecule has 0 radical (unpaired) electrons. The van der Waals surface area contributed by atoms with Gasteiger partial charge in [0.15, 0.2) is 12.2 Å². The molecule has 0 fully saturated rings. The van der Waals surface area contributed by atoms with Crippen LogP contribution in [0.4, 0.5) is 0 Å². The number of allylic oxidation sites excluding steroid dienone is 4. The fraction of sp³-hybridized carbons (Fsp3) is 0.909. The highest BCUT2D eigenvalue weighted by molar-refractivity contribution is 7.47. The maximum absolute atomic E-state index is 13.2. The van der Waals surface area contributed by atoms with Gasteiger partial charge in [0, 0.05) is 25.7 Å². The molecule has 0 aliphatic heterocycles. The summed E-state index contributed by atoms with van der Waals surface area (Å²) in [5.74, 6) is -2.13. The van der Waals surface area contributed by atoms with Crippen LogP contribution < -0.4 is 0 Å². The predicted octanol–water partition coefficient (Wildman–Crippen LogP) is 26.9. The Morgan fingerprint density at radius 2 is 0.449 bits per heavy atom. The van der Waals surface area contributed by atoms with Crippen molar-refractivity contribution >= 4 is 39.5 Å². The SMILES string of the molecule is CCCCCC/C=C\C=C/CCCCCCCC(=O)O[C@H](COC(=O)CCCCCCCCCCCCCCC)COP(=O)(O)OC[C@H](O)COP(=O)(O)OC[C@@H](COC(=O)CCCCCCCCCCCCCCCCCCC)OC(=O)CCCCCCCCCCCCCCCCCCCCCCCC. The maximum Gasteiger partial charge on any atom is 0.472 e. The van der Waals surface area contributed by atoms with Crippen LogP contribution in [0.1, 0.15) is 458 Å². The van der Waals surface area contributed by atoms with Crippen LogP contribution in [0.2, 0.25) is 0 Å². The number of ether oxygens (including phenoxy) is 4. The number of hydrogen-bond donors (Lipinski definition) is 3. The van der Waals surface area contributed by atoms with Crippen LogP contribution in [0.25, 0.3) is 0 Å². The molecule has 0 heterocycles. The zero-order valence-electron chi connectivity index (χ0n) is 69.6. The molecular formula is C88H168O17P2. The quantitative estimate of drug-likeness (QED) is 0.0169. The van der Waals surface area contributed by atoms with E-state index in [4.69, 9.17) is 37.0 Å². The Kier molecular flexibility index (Phi) is 79.7. The Hall–Kier alpha value is -2.46. The summed E-state index contributed by atoms with van der Waals surface area (Å²) in [7, 11) is -9.94. The molecule has 0 amide bonds. The first-order chi connectivity index (χ1) is 52.2. The zero-order chi connectivity index (χ0) is 78.1. The van der Waals surface area contributed by atoms with Crippen LogP contribution >= 0.6 is 15.6 Å². The van der Waals surface area contributed by atoms with Crippen molar-refractivity contribution in [3.63, 3.8) is 0 Å². The van der Waals surface area contributed by atoms with Crippen molar-refractivity contribution in [2.75, 3.05) is 39.6 Å². The molecule has 0 aromatic rings. The van der Waals surface area contributed by atoms with E-state index in [1.54, 1.807) is 0 Å². The Morgan fingerprint density at radius 1 is 0.262 bits per heavy atom. The average molecular weight is 1560 g/mol. The third-order valence-electron chi connectivity index (χ3n) is 20.2. The van der Waals surface area contributed by atoms with Crippen LogP contribution in [0.5, 0.6) is 0 Å². The van der Waals surface area contributed by atoms with Gasteiger partial charge in [0.25, 0.3) is 0 Å². The summed E-state index contributed by atoms with van der Waals surface area (Å²) in [6, 6.07) is 0. The molecule has 0 bridgehead atoms. The first-order valence-electron chi connectivity index (χ1n) is 45.1. The smallest absolute Gasteiger partial charge is 0.462 e. The molecule has 0 aliphatic rings. The summed E-state index contributed by atoms with van der Waals surface area (Å²) >= 11 is 0. The van der Waals surface area contributed by atoms with Crippen molar-refractivity contribution in [2.45, 2.75) is 476 Å². The largest absolute Gasteiger partial charge is 0.472 e. The first kappa shape index (κ1) is 105. The molecule has 0 rings (SSSR count). The van der Waals surface area contributed by atoms with Gasteiger partial charge in [-0.3, -0.25) is 37.3 Å². The molecule has 0 saturated heterocycles. The zero-order valence-corrected chi connectivity index (χ0v) is 71.4. The van der Waals surface area contributed by atoms with E-state index in [1.807, 2.05) is 0 Å². The van der Waals surface area contributed by atoms with Gasteiger partial charge in [-0.1, -0.05) is 405 Å². The lowest BCUT2D eigenvalue weighted by Crippen LogP contribution is -2.30. The highest BCUT2D eigenvalue weighted by Gasteiger charge is 2.30. The highest BCUT2D eigenvalue weighted by Crippen LogP contribution is 2.45. The van der Waals surface area contributed by atoms with E-state index < -0.39 is 97.5 Å². The Labute approximate surface area is 656 Å². The monoisotopic (exact) mass is 1560 g/mol. The predicted molar refractivity (Wildman–Crippen MR) is 441 cm³/mol. The minimum Gasteiger partial charge on any atom is -0.462 e. The average Bonchev–Trinajstić information content (AvgIpc) is 0.901. The fourth-order valence-corrected chi connectivity index (χ4v) is 14.9. The van der Waals surface area contributed by atoms with Gasteiger partial charge in [0.05, 0.1) is 26.4 Å². The number of rotatable bonds is 87. The van der Waals surface area contributed by atoms with Crippen molar-refractivity contribution in [1.82, 2.24) is 0 Å². The van der Waals surface area contributed by atoms with Crippen molar-refractivity contribution in [3.8, 4) is 0 Å². The number of hydrogen-bond acceptors (Lipinski definition) is 15. The normalized spacial score (nSPS) is 13.8. The lowest BCUT2D eigenvalue weighted by Gasteiger charge is -2.21.